The van der Waals surface area contributed by atoms with Crippen LogP contribution in [0.2, 0.25) is 0 Å². The van der Waals surface area contributed by atoms with E-state index in [0.717, 1.165) is 6.42 Å². The third kappa shape index (κ3) is 4.92. The summed E-state index contributed by atoms with van der Waals surface area (Å²) in [6.45, 7) is 4.77. The lowest BCUT2D eigenvalue weighted by molar-refractivity contribution is 0.249. The Morgan fingerprint density at radius 2 is 1.60 bits per heavy atom. The van der Waals surface area contributed by atoms with Gasteiger partial charge in [0.05, 0.1) is 0 Å². The van der Waals surface area contributed by atoms with Crippen LogP contribution in [0.4, 0.5) is 0 Å². The molecule has 0 heterocycles. The molecule has 1 atom stereocenters. The van der Waals surface area contributed by atoms with E-state index in [9.17, 15) is 5.11 Å². The van der Waals surface area contributed by atoms with Gasteiger partial charge < -0.3 is 5.11 Å². The van der Waals surface area contributed by atoms with Gasteiger partial charge in [0.2, 0.25) is 0 Å². The van der Waals surface area contributed by atoms with E-state index in [2.05, 4.69) is 57.1 Å². The van der Waals surface area contributed by atoms with Crippen molar-refractivity contribution in [1.82, 2.24) is 4.90 Å². The van der Waals surface area contributed by atoms with Gasteiger partial charge in [0.25, 0.3) is 0 Å². The minimum Gasteiger partial charge on any atom is -0.396 e. The van der Waals surface area contributed by atoms with Gasteiger partial charge in [0.15, 0.2) is 6.04 Å². The largest absolute Gasteiger partial charge is 0.396 e. The monoisotopic (exact) mass is 277 g/mol. The van der Waals surface area contributed by atoms with Crippen molar-refractivity contribution in [3.63, 3.8) is 0 Å². The summed E-state index contributed by atoms with van der Waals surface area (Å²) < 4.78 is 0. The fourth-order valence-electron chi connectivity index (χ4n) is 3.04. The Kier molecular flexibility index (Phi) is 7.86. The van der Waals surface area contributed by atoms with E-state index in [1.54, 1.807) is 0 Å². The molecule has 20 heavy (non-hydrogen) atoms. The van der Waals surface area contributed by atoms with Gasteiger partial charge in [-0.3, -0.25) is 0 Å². The van der Waals surface area contributed by atoms with Crippen molar-refractivity contribution in [2.24, 2.45) is 0 Å². The second-order valence-electron chi connectivity index (χ2n) is 5.94. The van der Waals surface area contributed by atoms with Crippen LogP contribution in [-0.4, -0.2) is 25.8 Å². The van der Waals surface area contributed by atoms with Crippen LogP contribution in [0.1, 0.15) is 69.0 Å². The van der Waals surface area contributed by atoms with Crippen molar-refractivity contribution in [2.75, 3.05) is 20.7 Å². The zero-order valence-electron chi connectivity index (χ0n) is 13.6. The molecule has 1 aromatic rings. The summed E-state index contributed by atoms with van der Waals surface area (Å²) in [7, 11) is 4.17. The molecule has 1 aromatic carbocycles. The van der Waals surface area contributed by atoms with Gasteiger partial charge in [0.1, 0.15) is 14.1 Å². The van der Waals surface area contributed by atoms with E-state index in [1.807, 2.05) is 0 Å². The second-order valence-corrected chi connectivity index (χ2v) is 5.94. The first-order chi connectivity index (χ1) is 9.63. The number of rotatable bonds is 9. The highest BCUT2D eigenvalue weighted by Gasteiger charge is 2.22. The number of aliphatic hydroxyl groups is 1. The lowest BCUT2D eigenvalue weighted by Crippen LogP contribution is -2.26. The van der Waals surface area contributed by atoms with Crippen LogP contribution in [0.15, 0.2) is 24.3 Å². The van der Waals surface area contributed by atoms with Crippen LogP contribution in [0.25, 0.3) is 0 Å². The van der Waals surface area contributed by atoms with Crippen LogP contribution >= 0.6 is 0 Å². The Labute approximate surface area is 124 Å². The van der Waals surface area contributed by atoms with Gasteiger partial charge in [-0.25, -0.2) is 0 Å². The third-order valence-electron chi connectivity index (χ3n) is 4.07. The molecule has 1 N–H and O–H groups in total. The summed E-state index contributed by atoms with van der Waals surface area (Å²) in [4.78, 5) is 2.20. The van der Waals surface area contributed by atoms with Crippen LogP contribution in [0.3, 0.4) is 0 Å². The van der Waals surface area contributed by atoms with E-state index in [1.165, 1.54) is 36.8 Å². The minimum absolute atomic E-state index is 0.237. The predicted molar refractivity (Wildman–Crippen MR) is 87.4 cm³/mol. The standard InChI is InChI=1S/C18H31NO/c1-5-8-15(9-6-2)16-10-7-11-17(14-16)18(12-13-20)19(3)4/h7,10-11,14-15,18,20H,5-6,8-9,12-13H2,1-4H3/q+1. The quantitative estimate of drug-likeness (QED) is 0.673. The number of aliphatic hydroxyl groups excluding tert-OH is 1. The summed E-state index contributed by atoms with van der Waals surface area (Å²) in [5.74, 6) is 0.682. The molecule has 0 spiro atoms. The minimum atomic E-state index is 0.237. The number of benzene rings is 1. The van der Waals surface area contributed by atoms with Crippen LogP contribution in [0.5, 0.6) is 0 Å². The van der Waals surface area contributed by atoms with Crippen molar-refractivity contribution in [3.8, 4) is 0 Å². The van der Waals surface area contributed by atoms with Gasteiger partial charge in [-0.15, -0.1) is 0 Å². The van der Waals surface area contributed by atoms with Crippen LogP contribution < -0.4 is 4.90 Å². The first-order valence-corrected chi connectivity index (χ1v) is 8.01. The maximum atomic E-state index is 9.27. The van der Waals surface area contributed by atoms with Crippen LogP contribution in [0, 0.1) is 0 Å². The summed E-state index contributed by atoms with van der Waals surface area (Å²) in [6.07, 6.45) is 5.81. The molecule has 0 amide bonds. The molecule has 1 unspecified atom stereocenters. The highest BCUT2D eigenvalue weighted by Crippen LogP contribution is 2.29. The molecule has 0 aliphatic rings. The number of nitrogens with zero attached hydrogens (tertiary/aromatic N) is 1. The van der Waals surface area contributed by atoms with Crippen LogP contribution in [-0.2, 0) is 0 Å². The maximum absolute atomic E-state index is 9.27. The molecule has 0 aromatic heterocycles. The smallest absolute Gasteiger partial charge is 0.159 e. The number of hydrogen-bond acceptors (Lipinski definition) is 2. The summed E-state index contributed by atoms with van der Waals surface area (Å²) in [6, 6.07) is 9.31. The van der Waals surface area contributed by atoms with Crippen molar-refractivity contribution < 1.29 is 5.11 Å². The Balaban J connectivity index is 2.97. The molecule has 0 aliphatic heterocycles. The molecule has 0 fully saturated rings. The highest BCUT2D eigenvalue weighted by molar-refractivity contribution is 5.29. The molecule has 1 rings (SSSR count). The second kappa shape index (κ2) is 9.15. The Morgan fingerprint density at radius 3 is 2.10 bits per heavy atom. The first kappa shape index (κ1) is 17.2. The molecule has 0 saturated heterocycles. The molecule has 0 bridgehead atoms. The van der Waals surface area contributed by atoms with E-state index in [0.29, 0.717) is 12.0 Å². The van der Waals surface area contributed by atoms with E-state index < -0.39 is 0 Å². The molecule has 113 valence electrons. The number of hydrogen-bond donors (Lipinski definition) is 1. The Morgan fingerprint density at radius 1 is 1.00 bits per heavy atom. The molecule has 2 heteroatoms. The van der Waals surface area contributed by atoms with Gasteiger partial charge in [-0.2, -0.15) is 4.90 Å². The summed E-state index contributed by atoms with van der Waals surface area (Å²) in [5.41, 5.74) is 2.80. The topological polar surface area (TPSA) is 26.1 Å². The maximum Gasteiger partial charge on any atom is 0.159 e. The SMILES string of the molecule is CCCC(CCC)c1cccc(C(CCO)[N+](C)C)c1. The molecular formula is C18H31NO+. The third-order valence-corrected chi connectivity index (χ3v) is 4.07. The average Bonchev–Trinajstić information content (AvgIpc) is 2.44. The first-order valence-electron chi connectivity index (χ1n) is 8.01. The van der Waals surface area contributed by atoms with E-state index >= 15 is 0 Å². The summed E-state index contributed by atoms with van der Waals surface area (Å²) >= 11 is 0. The van der Waals surface area contributed by atoms with Gasteiger partial charge in [0, 0.05) is 18.6 Å². The molecule has 2 nitrogen and oxygen atoms in total. The average molecular weight is 277 g/mol. The Bertz CT molecular complexity index is 369. The molecule has 0 saturated carbocycles. The van der Waals surface area contributed by atoms with Gasteiger partial charge in [-0.05, 0) is 30.4 Å². The zero-order valence-corrected chi connectivity index (χ0v) is 13.6. The van der Waals surface area contributed by atoms with E-state index in [4.69, 9.17) is 0 Å². The van der Waals surface area contributed by atoms with Crippen molar-refractivity contribution in [3.05, 3.63) is 35.4 Å². The Hall–Kier alpha value is -0.860. The zero-order chi connectivity index (χ0) is 15.0. The lowest BCUT2D eigenvalue weighted by Gasteiger charge is -2.20. The van der Waals surface area contributed by atoms with Gasteiger partial charge in [-0.1, -0.05) is 44.9 Å². The molecule has 1 radical (unpaired) electrons. The fraction of sp³-hybridized carbons (Fsp3) is 0.667. The molecule has 0 aliphatic carbocycles. The fourth-order valence-corrected chi connectivity index (χ4v) is 3.04. The predicted octanol–water partition coefficient (Wildman–Crippen LogP) is 4.19. The van der Waals surface area contributed by atoms with Crippen molar-refractivity contribution >= 4 is 0 Å². The summed E-state index contributed by atoms with van der Waals surface area (Å²) in [5, 5.41) is 9.27. The van der Waals surface area contributed by atoms with Crippen molar-refractivity contribution in [1.29, 1.82) is 0 Å². The van der Waals surface area contributed by atoms with Crippen molar-refractivity contribution in [2.45, 2.75) is 57.9 Å². The highest BCUT2D eigenvalue weighted by atomic mass is 16.3. The normalized spacial score (nSPS) is 13.2. The van der Waals surface area contributed by atoms with E-state index in [-0.39, 0.29) is 6.61 Å². The molecular weight excluding hydrogens is 246 g/mol. The lowest BCUT2D eigenvalue weighted by atomic mass is 9.88. The van der Waals surface area contributed by atoms with Gasteiger partial charge >= 0.3 is 0 Å².